The van der Waals surface area contributed by atoms with Gasteiger partial charge in [0.1, 0.15) is 0 Å². The van der Waals surface area contributed by atoms with Crippen LogP contribution in [-0.4, -0.2) is 0 Å². The van der Waals surface area contributed by atoms with Crippen molar-refractivity contribution in [1.29, 1.82) is 0 Å². The summed E-state index contributed by atoms with van der Waals surface area (Å²) in [5, 5.41) is 1.37. The summed E-state index contributed by atoms with van der Waals surface area (Å²) in [7, 11) is 0. The number of hydrogen-bond acceptors (Lipinski definition) is 2. The molecule has 18 heavy (non-hydrogen) atoms. The van der Waals surface area contributed by atoms with Crippen molar-refractivity contribution in [2.24, 2.45) is 0 Å². The van der Waals surface area contributed by atoms with Gasteiger partial charge in [0.25, 0.3) is 0 Å². The standard InChI is InChI=1S/C14H13Cl2NS/c1-9-2-5-12(17)7-14(9)18-8-10-3-4-11(15)6-13(10)16/h2-7H,8,17H2,1H3. The van der Waals surface area contributed by atoms with E-state index < -0.39 is 0 Å². The Morgan fingerprint density at radius 1 is 1.11 bits per heavy atom. The molecule has 0 bridgehead atoms. The van der Waals surface area contributed by atoms with E-state index in [-0.39, 0.29) is 0 Å². The molecule has 0 spiro atoms. The van der Waals surface area contributed by atoms with Crippen LogP contribution in [0.4, 0.5) is 5.69 Å². The van der Waals surface area contributed by atoms with Crippen molar-refractivity contribution >= 4 is 40.7 Å². The maximum Gasteiger partial charge on any atom is 0.0461 e. The third-order valence-corrected chi connectivity index (χ3v) is 4.40. The second kappa shape index (κ2) is 5.87. The molecule has 0 atom stereocenters. The Labute approximate surface area is 121 Å². The van der Waals surface area contributed by atoms with E-state index in [0.717, 1.165) is 17.0 Å². The summed E-state index contributed by atoms with van der Waals surface area (Å²) >= 11 is 13.7. The van der Waals surface area contributed by atoms with E-state index in [4.69, 9.17) is 28.9 Å². The second-order valence-electron chi connectivity index (χ2n) is 4.05. The Bertz CT molecular complexity index is 570. The summed E-state index contributed by atoms with van der Waals surface area (Å²) in [6, 6.07) is 11.5. The number of aryl methyl sites for hydroxylation is 1. The number of anilines is 1. The first-order valence-corrected chi connectivity index (χ1v) is 7.23. The highest BCUT2D eigenvalue weighted by Gasteiger charge is 2.04. The Hall–Kier alpha value is -0.830. The quantitative estimate of drug-likeness (QED) is 0.624. The first-order valence-electron chi connectivity index (χ1n) is 5.49. The predicted octanol–water partition coefficient (Wildman–Crippen LogP) is 5.18. The number of nitrogen functional groups attached to an aromatic ring is 1. The van der Waals surface area contributed by atoms with E-state index in [1.54, 1.807) is 17.8 Å². The van der Waals surface area contributed by atoms with Gasteiger partial charge in [0, 0.05) is 26.4 Å². The normalized spacial score (nSPS) is 10.6. The first kappa shape index (κ1) is 13.6. The molecule has 2 rings (SSSR count). The van der Waals surface area contributed by atoms with E-state index in [1.807, 2.05) is 30.3 Å². The van der Waals surface area contributed by atoms with Crippen LogP contribution in [0, 0.1) is 6.92 Å². The Morgan fingerprint density at radius 3 is 2.61 bits per heavy atom. The molecular weight excluding hydrogens is 285 g/mol. The molecule has 2 aromatic carbocycles. The van der Waals surface area contributed by atoms with Crippen molar-refractivity contribution in [3.8, 4) is 0 Å². The number of halogens is 2. The minimum Gasteiger partial charge on any atom is -0.399 e. The lowest BCUT2D eigenvalue weighted by atomic mass is 10.2. The van der Waals surface area contributed by atoms with Crippen molar-refractivity contribution in [3.63, 3.8) is 0 Å². The van der Waals surface area contributed by atoms with E-state index in [2.05, 4.69) is 6.92 Å². The molecule has 2 aromatic rings. The van der Waals surface area contributed by atoms with Gasteiger partial charge in [0.15, 0.2) is 0 Å². The fourth-order valence-electron chi connectivity index (χ4n) is 1.57. The lowest BCUT2D eigenvalue weighted by molar-refractivity contribution is 1.29. The molecule has 0 saturated carbocycles. The molecule has 0 amide bonds. The smallest absolute Gasteiger partial charge is 0.0461 e. The average molecular weight is 298 g/mol. The number of hydrogen-bond donors (Lipinski definition) is 1. The summed E-state index contributed by atoms with van der Waals surface area (Å²) in [4.78, 5) is 1.18. The van der Waals surface area contributed by atoms with Gasteiger partial charge in [-0.05, 0) is 42.3 Å². The van der Waals surface area contributed by atoms with Crippen LogP contribution < -0.4 is 5.73 Å². The third-order valence-electron chi connectivity index (χ3n) is 2.61. The molecule has 0 unspecified atom stereocenters. The zero-order valence-corrected chi connectivity index (χ0v) is 12.2. The van der Waals surface area contributed by atoms with Crippen LogP contribution in [0.1, 0.15) is 11.1 Å². The van der Waals surface area contributed by atoms with Gasteiger partial charge in [0.05, 0.1) is 0 Å². The van der Waals surface area contributed by atoms with Crippen LogP contribution in [0.2, 0.25) is 10.0 Å². The molecular formula is C14H13Cl2NS. The molecule has 4 heteroatoms. The summed E-state index contributed by atoms with van der Waals surface area (Å²) in [6.45, 7) is 2.07. The maximum atomic E-state index is 6.14. The van der Waals surface area contributed by atoms with Crippen LogP contribution in [0.3, 0.4) is 0 Å². The van der Waals surface area contributed by atoms with Gasteiger partial charge in [-0.3, -0.25) is 0 Å². The summed E-state index contributed by atoms with van der Waals surface area (Å²) in [5.41, 5.74) is 8.87. The first-order chi connectivity index (χ1) is 8.56. The topological polar surface area (TPSA) is 26.0 Å². The highest BCUT2D eigenvalue weighted by Crippen LogP contribution is 2.31. The monoisotopic (exact) mass is 297 g/mol. The van der Waals surface area contributed by atoms with Gasteiger partial charge >= 0.3 is 0 Å². The van der Waals surface area contributed by atoms with Crippen molar-refractivity contribution in [2.75, 3.05) is 5.73 Å². The minimum atomic E-state index is 0.661. The van der Waals surface area contributed by atoms with Gasteiger partial charge < -0.3 is 5.73 Å². The summed E-state index contributed by atoms with van der Waals surface area (Å²) in [6.07, 6.45) is 0. The molecule has 0 radical (unpaired) electrons. The van der Waals surface area contributed by atoms with E-state index in [9.17, 15) is 0 Å². The van der Waals surface area contributed by atoms with Crippen LogP contribution >= 0.6 is 35.0 Å². The van der Waals surface area contributed by atoms with Crippen LogP contribution in [-0.2, 0) is 5.75 Å². The molecule has 0 aromatic heterocycles. The van der Waals surface area contributed by atoms with Gasteiger partial charge in [-0.1, -0.05) is 35.3 Å². The molecule has 0 fully saturated rings. The predicted molar refractivity (Wildman–Crippen MR) is 81.6 cm³/mol. The Kier molecular flexibility index (Phi) is 4.44. The average Bonchev–Trinajstić information content (AvgIpc) is 2.32. The molecule has 0 aliphatic carbocycles. The molecule has 0 aliphatic rings. The second-order valence-corrected chi connectivity index (χ2v) is 5.91. The van der Waals surface area contributed by atoms with E-state index >= 15 is 0 Å². The van der Waals surface area contributed by atoms with Gasteiger partial charge in [-0.25, -0.2) is 0 Å². The Morgan fingerprint density at radius 2 is 1.89 bits per heavy atom. The Balaban J connectivity index is 2.13. The van der Waals surface area contributed by atoms with Crippen LogP contribution in [0.15, 0.2) is 41.3 Å². The SMILES string of the molecule is Cc1ccc(N)cc1SCc1ccc(Cl)cc1Cl. The number of rotatable bonds is 3. The highest BCUT2D eigenvalue weighted by molar-refractivity contribution is 7.98. The summed E-state index contributed by atoms with van der Waals surface area (Å²) in [5.74, 6) is 0.806. The molecule has 0 aliphatic heterocycles. The lowest BCUT2D eigenvalue weighted by Crippen LogP contribution is -1.88. The van der Waals surface area contributed by atoms with Gasteiger partial charge in [-0.2, -0.15) is 0 Å². The van der Waals surface area contributed by atoms with Gasteiger partial charge in [0.2, 0.25) is 0 Å². The fraction of sp³-hybridized carbons (Fsp3) is 0.143. The third kappa shape index (κ3) is 3.35. The molecule has 0 heterocycles. The number of nitrogens with two attached hydrogens (primary N) is 1. The van der Waals surface area contributed by atoms with E-state index in [0.29, 0.717) is 10.0 Å². The zero-order chi connectivity index (χ0) is 13.1. The minimum absolute atomic E-state index is 0.661. The highest BCUT2D eigenvalue weighted by atomic mass is 35.5. The molecule has 1 nitrogen and oxygen atoms in total. The van der Waals surface area contributed by atoms with Gasteiger partial charge in [-0.15, -0.1) is 11.8 Å². The summed E-state index contributed by atoms with van der Waals surface area (Å²) < 4.78 is 0. The molecule has 2 N–H and O–H groups in total. The van der Waals surface area contributed by atoms with Crippen LogP contribution in [0.25, 0.3) is 0 Å². The van der Waals surface area contributed by atoms with Crippen molar-refractivity contribution in [1.82, 2.24) is 0 Å². The van der Waals surface area contributed by atoms with Crippen LogP contribution in [0.5, 0.6) is 0 Å². The number of thioether (sulfide) groups is 1. The van der Waals surface area contributed by atoms with Crippen molar-refractivity contribution < 1.29 is 0 Å². The van der Waals surface area contributed by atoms with E-state index in [1.165, 1.54) is 10.5 Å². The lowest BCUT2D eigenvalue weighted by Gasteiger charge is -2.08. The van der Waals surface area contributed by atoms with Crippen molar-refractivity contribution in [2.45, 2.75) is 17.6 Å². The largest absolute Gasteiger partial charge is 0.399 e. The number of benzene rings is 2. The zero-order valence-electron chi connectivity index (χ0n) is 9.91. The molecule has 0 saturated heterocycles. The molecule has 94 valence electrons. The fourth-order valence-corrected chi connectivity index (χ4v) is 3.20. The maximum absolute atomic E-state index is 6.14. The van der Waals surface area contributed by atoms with Crippen molar-refractivity contribution in [3.05, 3.63) is 57.6 Å².